The molecule has 0 aliphatic heterocycles. The molecule has 1 aromatic carbocycles. The van der Waals surface area contributed by atoms with Gasteiger partial charge >= 0.3 is 0 Å². The lowest BCUT2D eigenvalue weighted by atomic mass is 9.94. The fraction of sp³-hybridized carbons (Fsp3) is 0.188. The third-order valence-corrected chi connectivity index (χ3v) is 4.15. The molecule has 0 aliphatic rings. The number of carbonyl (C=O) groups excluding carboxylic acids is 1. The Morgan fingerprint density at radius 1 is 1.11 bits per heavy atom. The molecule has 0 fully saturated rings. The summed E-state index contributed by atoms with van der Waals surface area (Å²) >= 11 is 7.78. The molecule has 1 nitrogen and oxygen atoms in total. The van der Waals surface area contributed by atoms with Crippen LogP contribution in [0.25, 0.3) is 5.57 Å². The van der Waals surface area contributed by atoms with E-state index in [-0.39, 0.29) is 5.78 Å². The van der Waals surface area contributed by atoms with E-state index in [9.17, 15) is 4.79 Å². The molecule has 0 aliphatic carbocycles. The highest BCUT2D eigenvalue weighted by molar-refractivity contribution is 7.10. The average molecular weight is 291 g/mol. The minimum atomic E-state index is -0.00731. The van der Waals surface area contributed by atoms with Crippen molar-refractivity contribution in [2.45, 2.75) is 20.8 Å². The molecule has 1 heterocycles. The fourth-order valence-corrected chi connectivity index (χ4v) is 2.97. The highest BCUT2D eigenvalue weighted by atomic mass is 35.5. The molecule has 0 unspecified atom stereocenters. The predicted molar refractivity (Wildman–Crippen MR) is 83.1 cm³/mol. The number of hydrogen-bond donors (Lipinski definition) is 0. The third kappa shape index (κ3) is 2.80. The molecule has 1 aromatic heterocycles. The van der Waals surface area contributed by atoms with Gasteiger partial charge in [-0.1, -0.05) is 29.3 Å². The Labute approximate surface area is 122 Å². The maximum atomic E-state index is 12.7. The molecule has 98 valence electrons. The topological polar surface area (TPSA) is 17.1 Å². The van der Waals surface area contributed by atoms with Crippen molar-refractivity contribution in [3.63, 3.8) is 0 Å². The highest BCUT2D eigenvalue weighted by Gasteiger charge is 2.19. The molecule has 2 aromatic rings. The van der Waals surface area contributed by atoms with Gasteiger partial charge in [0.25, 0.3) is 0 Å². The smallest absolute Gasteiger partial charge is 0.195 e. The van der Waals surface area contributed by atoms with Crippen molar-refractivity contribution in [2.75, 3.05) is 0 Å². The zero-order valence-corrected chi connectivity index (χ0v) is 12.7. The number of halogens is 1. The van der Waals surface area contributed by atoms with Gasteiger partial charge in [-0.05, 0) is 49.9 Å². The van der Waals surface area contributed by atoms with Crippen LogP contribution in [0.1, 0.15) is 34.6 Å². The number of ketones is 1. The molecule has 0 atom stereocenters. The Morgan fingerprint density at radius 2 is 1.79 bits per heavy atom. The number of thiophene rings is 1. The molecule has 19 heavy (non-hydrogen) atoms. The van der Waals surface area contributed by atoms with Crippen LogP contribution in [-0.2, 0) is 0 Å². The SMILES string of the molecule is CC(C)=C(C(=O)c1ccccc1Cl)c1ccsc1C. The van der Waals surface area contributed by atoms with Crippen molar-refractivity contribution < 1.29 is 4.79 Å². The van der Waals surface area contributed by atoms with E-state index in [2.05, 4.69) is 0 Å². The molecule has 0 spiro atoms. The van der Waals surface area contributed by atoms with Gasteiger partial charge in [-0.15, -0.1) is 11.3 Å². The third-order valence-electron chi connectivity index (χ3n) is 2.97. The van der Waals surface area contributed by atoms with Gasteiger partial charge in [0.15, 0.2) is 5.78 Å². The summed E-state index contributed by atoms with van der Waals surface area (Å²) in [6.45, 7) is 5.95. The van der Waals surface area contributed by atoms with E-state index in [1.165, 1.54) is 0 Å². The summed E-state index contributed by atoms with van der Waals surface area (Å²) < 4.78 is 0. The van der Waals surface area contributed by atoms with Crippen LogP contribution in [0.2, 0.25) is 5.02 Å². The van der Waals surface area contributed by atoms with Gasteiger partial charge in [0.2, 0.25) is 0 Å². The van der Waals surface area contributed by atoms with E-state index >= 15 is 0 Å². The largest absolute Gasteiger partial charge is 0.289 e. The minimum absolute atomic E-state index is 0.00731. The fourth-order valence-electron chi connectivity index (χ4n) is 2.04. The number of carbonyl (C=O) groups is 1. The van der Waals surface area contributed by atoms with Crippen molar-refractivity contribution in [2.24, 2.45) is 0 Å². The first-order valence-corrected chi connectivity index (χ1v) is 7.29. The van der Waals surface area contributed by atoms with Crippen molar-refractivity contribution in [1.82, 2.24) is 0 Å². The highest BCUT2D eigenvalue weighted by Crippen LogP contribution is 2.31. The molecule has 0 bridgehead atoms. The summed E-state index contributed by atoms with van der Waals surface area (Å²) in [5.41, 5.74) is 3.33. The first-order valence-electron chi connectivity index (χ1n) is 6.03. The van der Waals surface area contributed by atoms with Gasteiger partial charge < -0.3 is 0 Å². The van der Waals surface area contributed by atoms with E-state index in [4.69, 9.17) is 11.6 Å². The van der Waals surface area contributed by atoms with Crippen LogP contribution in [-0.4, -0.2) is 5.78 Å². The molecule has 0 radical (unpaired) electrons. The van der Waals surface area contributed by atoms with E-state index in [1.807, 2.05) is 44.4 Å². The lowest BCUT2D eigenvalue weighted by Crippen LogP contribution is -2.05. The minimum Gasteiger partial charge on any atom is -0.289 e. The monoisotopic (exact) mass is 290 g/mol. The lowest BCUT2D eigenvalue weighted by Gasteiger charge is -2.10. The summed E-state index contributed by atoms with van der Waals surface area (Å²) in [6.07, 6.45) is 0. The second-order valence-corrected chi connectivity index (χ2v) is 6.10. The molecule has 2 rings (SSSR count). The van der Waals surface area contributed by atoms with Gasteiger partial charge in [-0.25, -0.2) is 0 Å². The number of rotatable bonds is 3. The molecule has 0 saturated heterocycles. The first-order chi connectivity index (χ1) is 9.02. The number of aryl methyl sites for hydroxylation is 1. The predicted octanol–water partition coefficient (Wildman–Crippen LogP) is 5.39. The van der Waals surface area contributed by atoms with Crippen molar-refractivity contribution in [3.8, 4) is 0 Å². The Morgan fingerprint density at radius 3 is 2.32 bits per heavy atom. The van der Waals surface area contributed by atoms with Crippen LogP contribution in [0, 0.1) is 6.92 Å². The summed E-state index contributed by atoms with van der Waals surface area (Å²) in [7, 11) is 0. The number of allylic oxidation sites excluding steroid dienone is 2. The number of benzene rings is 1. The number of Topliss-reactive ketones (excluding diaryl/α,β-unsaturated/α-hetero) is 1. The summed E-state index contributed by atoms with van der Waals surface area (Å²) in [4.78, 5) is 13.9. The first kappa shape index (κ1) is 14.0. The Kier molecular flexibility index (Phi) is 4.23. The van der Waals surface area contributed by atoms with Gasteiger partial charge in [0.1, 0.15) is 0 Å². The van der Waals surface area contributed by atoms with Crippen LogP contribution < -0.4 is 0 Å². The van der Waals surface area contributed by atoms with Crippen LogP contribution in [0.15, 0.2) is 41.3 Å². The second-order valence-electron chi connectivity index (χ2n) is 4.57. The Balaban J connectivity index is 2.55. The van der Waals surface area contributed by atoms with Crippen LogP contribution >= 0.6 is 22.9 Å². The Hall–Kier alpha value is -1.38. The van der Waals surface area contributed by atoms with Gasteiger partial charge in [0.05, 0.1) is 5.02 Å². The lowest BCUT2D eigenvalue weighted by molar-refractivity contribution is 0.105. The van der Waals surface area contributed by atoms with Crippen LogP contribution in [0.4, 0.5) is 0 Å². The zero-order chi connectivity index (χ0) is 14.0. The van der Waals surface area contributed by atoms with Gasteiger partial charge in [0, 0.05) is 16.0 Å². The standard InChI is InChI=1S/C16H15ClOS/c1-10(2)15(12-8-9-19-11(12)3)16(18)13-6-4-5-7-14(13)17/h4-9H,1-3H3. The molecule has 3 heteroatoms. The van der Waals surface area contributed by atoms with E-state index in [1.54, 1.807) is 23.5 Å². The molecular weight excluding hydrogens is 276 g/mol. The molecule has 0 N–H and O–H groups in total. The molecule has 0 saturated carbocycles. The van der Waals surface area contributed by atoms with E-state index in [0.29, 0.717) is 10.6 Å². The van der Waals surface area contributed by atoms with Crippen molar-refractivity contribution in [1.29, 1.82) is 0 Å². The van der Waals surface area contributed by atoms with Crippen molar-refractivity contribution >= 4 is 34.3 Å². The maximum absolute atomic E-state index is 12.7. The molecular formula is C16H15ClOS. The van der Waals surface area contributed by atoms with Crippen LogP contribution in [0.3, 0.4) is 0 Å². The second kappa shape index (κ2) is 5.72. The normalized spacial score (nSPS) is 10.3. The van der Waals surface area contributed by atoms with Gasteiger partial charge in [-0.3, -0.25) is 4.79 Å². The summed E-state index contributed by atoms with van der Waals surface area (Å²) in [5.74, 6) is -0.00731. The summed E-state index contributed by atoms with van der Waals surface area (Å²) in [5, 5.41) is 2.51. The maximum Gasteiger partial charge on any atom is 0.195 e. The average Bonchev–Trinajstić information content (AvgIpc) is 2.76. The van der Waals surface area contributed by atoms with Crippen LogP contribution in [0.5, 0.6) is 0 Å². The quantitative estimate of drug-likeness (QED) is 0.547. The summed E-state index contributed by atoms with van der Waals surface area (Å²) in [6, 6.07) is 9.18. The zero-order valence-electron chi connectivity index (χ0n) is 11.2. The van der Waals surface area contributed by atoms with E-state index < -0.39 is 0 Å². The van der Waals surface area contributed by atoms with Crippen molar-refractivity contribution in [3.05, 3.63) is 62.3 Å². The van der Waals surface area contributed by atoms with E-state index in [0.717, 1.165) is 21.6 Å². The number of hydrogen-bond acceptors (Lipinski definition) is 2. The molecule has 0 amide bonds. The van der Waals surface area contributed by atoms with Gasteiger partial charge in [-0.2, -0.15) is 0 Å². The Bertz CT molecular complexity index is 648.